The van der Waals surface area contributed by atoms with E-state index in [-0.39, 0.29) is 17.6 Å². The van der Waals surface area contributed by atoms with Gasteiger partial charge >= 0.3 is 0 Å². The average Bonchev–Trinajstić information content (AvgIpc) is 2.53. The second-order valence-electron chi connectivity index (χ2n) is 6.47. The SMILES string of the molecule is CC(C)[C@@H](NS(=O)(=O)Cc1ccccc1)C(=O)N1CCCCC1. The van der Waals surface area contributed by atoms with Crippen LogP contribution >= 0.6 is 0 Å². The minimum absolute atomic E-state index is 0.0880. The van der Waals surface area contributed by atoms with Gasteiger partial charge in [0, 0.05) is 13.1 Å². The Labute approximate surface area is 139 Å². The second kappa shape index (κ2) is 7.93. The maximum Gasteiger partial charge on any atom is 0.241 e. The molecule has 0 unspecified atom stereocenters. The Balaban J connectivity index is 2.07. The van der Waals surface area contributed by atoms with E-state index in [1.165, 1.54) is 0 Å². The van der Waals surface area contributed by atoms with Crippen molar-refractivity contribution in [3.05, 3.63) is 35.9 Å². The number of benzene rings is 1. The largest absolute Gasteiger partial charge is 0.341 e. The molecule has 1 saturated heterocycles. The molecule has 23 heavy (non-hydrogen) atoms. The third-order valence-electron chi connectivity index (χ3n) is 4.11. The Morgan fingerprint density at radius 1 is 1.13 bits per heavy atom. The molecular formula is C17H26N2O3S. The molecule has 128 valence electrons. The van der Waals surface area contributed by atoms with Gasteiger partial charge in [-0.05, 0) is 30.7 Å². The number of piperidine rings is 1. The highest BCUT2D eigenvalue weighted by molar-refractivity contribution is 7.88. The molecule has 1 aromatic rings. The Kier molecular flexibility index (Phi) is 6.18. The standard InChI is InChI=1S/C17H26N2O3S/c1-14(2)16(17(20)19-11-7-4-8-12-19)18-23(21,22)13-15-9-5-3-6-10-15/h3,5-6,9-10,14,16,18H,4,7-8,11-13H2,1-2H3/t16-/m1/s1. The van der Waals surface area contributed by atoms with Gasteiger partial charge < -0.3 is 4.90 Å². The van der Waals surface area contributed by atoms with Gasteiger partial charge in [-0.15, -0.1) is 0 Å². The molecule has 1 N–H and O–H groups in total. The Morgan fingerprint density at radius 3 is 2.30 bits per heavy atom. The first kappa shape index (κ1) is 17.9. The summed E-state index contributed by atoms with van der Waals surface area (Å²) in [6.45, 7) is 5.19. The van der Waals surface area contributed by atoms with Crippen LogP contribution in [0, 0.1) is 5.92 Å². The molecule has 0 saturated carbocycles. The second-order valence-corrected chi connectivity index (χ2v) is 8.22. The van der Waals surface area contributed by atoms with Crippen molar-refractivity contribution in [2.45, 2.75) is 44.9 Å². The van der Waals surface area contributed by atoms with Gasteiger partial charge in [0.25, 0.3) is 0 Å². The lowest BCUT2D eigenvalue weighted by Gasteiger charge is -2.32. The van der Waals surface area contributed by atoms with Crippen LogP contribution in [0.2, 0.25) is 0 Å². The van der Waals surface area contributed by atoms with Gasteiger partial charge in [-0.1, -0.05) is 44.2 Å². The van der Waals surface area contributed by atoms with E-state index in [2.05, 4.69) is 4.72 Å². The normalized spacial score (nSPS) is 17.3. The molecule has 1 aliphatic heterocycles. The molecule has 1 aromatic carbocycles. The highest BCUT2D eigenvalue weighted by Gasteiger charge is 2.31. The summed E-state index contributed by atoms with van der Waals surface area (Å²) in [6.07, 6.45) is 3.12. The predicted octanol–water partition coefficient (Wildman–Crippen LogP) is 2.14. The van der Waals surface area contributed by atoms with E-state index < -0.39 is 16.1 Å². The number of hydrogen-bond acceptors (Lipinski definition) is 3. The molecule has 5 nitrogen and oxygen atoms in total. The monoisotopic (exact) mass is 338 g/mol. The van der Waals surface area contributed by atoms with Gasteiger partial charge in [0.05, 0.1) is 5.75 Å². The molecule has 1 atom stereocenters. The van der Waals surface area contributed by atoms with Crippen molar-refractivity contribution in [2.24, 2.45) is 5.92 Å². The molecule has 1 fully saturated rings. The summed E-state index contributed by atoms with van der Waals surface area (Å²) < 4.78 is 27.5. The van der Waals surface area contributed by atoms with E-state index in [9.17, 15) is 13.2 Å². The number of sulfonamides is 1. The lowest BCUT2D eigenvalue weighted by Crippen LogP contribution is -2.52. The number of carbonyl (C=O) groups excluding carboxylic acids is 1. The molecule has 1 heterocycles. The van der Waals surface area contributed by atoms with Gasteiger partial charge in [0.15, 0.2) is 0 Å². The Hall–Kier alpha value is -1.40. The summed E-state index contributed by atoms with van der Waals surface area (Å²) in [5.74, 6) is -0.295. The van der Waals surface area contributed by atoms with Crippen LogP contribution in [0.25, 0.3) is 0 Å². The lowest BCUT2D eigenvalue weighted by molar-refractivity contribution is -0.134. The molecule has 0 aromatic heterocycles. The summed E-state index contributed by atoms with van der Waals surface area (Å²) in [4.78, 5) is 14.5. The lowest BCUT2D eigenvalue weighted by atomic mass is 10.0. The van der Waals surface area contributed by atoms with E-state index >= 15 is 0 Å². The van der Waals surface area contributed by atoms with Crippen molar-refractivity contribution < 1.29 is 13.2 Å². The first-order chi connectivity index (χ1) is 10.9. The molecule has 1 amide bonds. The Morgan fingerprint density at radius 2 is 1.74 bits per heavy atom. The van der Waals surface area contributed by atoms with Crippen molar-refractivity contribution in [3.63, 3.8) is 0 Å². The molecule has 1 aliphatic rings. The molecule has 0 radical (unpaired) electrons. The zero-order valence-corrected chi connectivity index (χ0v) is 14.7. The Bertz CT molecular complexity index is 608. The maximum absolute atomic E-state index is 12.7. The molecule has 0 aliphatic carbocycles. The average molecular weight is 338 g/mol. The molecule has 0 spiro atoms. The fourth-order valence-corrected chi connectivity index (χ4v) is 4.29. The van der Waals surface area contributed by atoms with Gasteiger partial charge in [-0.25, -0.2) is 13.1 Å². The number of rotatable bonds is 6. The van der Waals surface area contributed by atoms with Crippen LogP contribution in [0.15, 0.2) is 30.3 Å². The number of hydrogen-bond donors (Lipinski definition) is 1. The summed E-state index contributed by atoms with van der Waals surface area (Å²) in [5.41, 5.74) is 0.716. The third-order valence-corrected chi connectivity index (χ3v) is 5.43. The number of carbonyl (C=O) groups is 1. The molecule has 2 rings (SSSR count). The number of likely N-dealkylation sites (tertiary alicyclic amines) is 1. The van der Waals surface area contributed by atoms with Crippen LogP contribution in [0.3, 0.4) is 0 Å². The number of nitrogens with one attached hydrogen (secondary N) is 1. The van der Waals surface area contributed by atoms with Crippen molar-refractivity contribution in [2.75, 3.05) is 13.1 Å². The molecule has 0 bridgehead atoms. The van der Waals surface area contributed by atoms with Crippen LogP contribution < -0.4 is 4.72 Å². The quantitative estimate of drug-likeness (QED) is 0.864. The van der Waals surface area contributed by atoms with Crippen molar-refractivity contribution in [1.82, 2.24) is 9.62 Å². The number of amides is 1. The fraction of sp³-hybridized carbons (Fsp3) is 0.588. The van der Waals surface area contributed by atoms with E-state index in [0.29, 0.717) is 5.56 Å². The highest BCUT2D eigenvalue weighted by Crippen LogP contribution is 2.15. The summed E-state index contributed by atoms with van der Waals surface area (Å²) in [7, 11) is -3.56. The zero-order chi connectivity index (χ0) is 16.9. The van der Waals surface area contributed by atoms with Crippen molar-refractivity contribution >= 4 is 15.9 Å². The van der Waals surface area contributed by atoms with Crippen LogP contribution in [0.5, 0.6) is 0 Å². The topological polar surface area (TPSA) is 66.5 Å². The van der Waals surface area contributed by atoms with Crippen LogP contribution in [-0.2, 0) is 20.6 Å². The minimum atomic E-state index is -3.56. The maximum atomic E-state index is 12.7. The van der Waals surface area contributed by atoms with E-state index in [1.54, 1.807) is 17.0 Å². The van der Waals surface area contributed by atoms with Crippen LogP contribution in [0.4, 0.5) is 0 Å². The van der Waals surface area contributed by atoms with Crippen molar-refractivity contribution in [3.8, 4) is 0 Å². The van der Waals surface area contributed by atoms with Gasteiger partial charge in [0.1, 0.15) is 6.04 Å². The summed E-state index contributed by atoms with van der Waals surface area (Å²) in [6, 6.07) is 8.32. The first-order valence-electron chi connectivity index (χ1n) is 8.22. The van der Waals surface area contributed by atoms with E-state index in [4.69, 9.17) is 0 Å². The van der Waals surface area contributed by atoms with E-state index in [0.717, 1.165) is 32.4 Å². The summed E-state index contributed by atoms with van der Waals surface area (Å²) >= 11 is 0. The smallest absolute Gasteiger partial charge is 0.241 e. The fourth-order valence-electron chi connectivity index (χ4n) is 2.81. The third kappa shape index (κ3) is 5.32. The molecular weight excluding hydrogens is 312 g/mol. The first-order valence-corrected chi connectivity index (χ1v) is 9.87. The minimum Gasteiger partial charge on any atom is -0.341 e. The van der Waals surface area contributed by atoms with Gasteiger partial charge in [-0.3, -0.25) is 4.79 Å². The van der Waals surface area contributed by atoms with Crippen LogP contribution in [-0.4, -0.2) is 38.4 Å². The van der Waals surface area contributed by atoms with Crippen molar-refractivity contribution in [1.29, 1.82) is 0 Å². The predicted molar refractivity (Wildman–Crippen MR) is 91.3 cm³/mol. The van der Waals surface area contributed by atoms with Gasteiger partial charge in [0.2, 0.25) is 15.9 Å². The van der Waals surface area contributed by atoms with Gasteiger partial charge in [-0.2, -0.15) is 0 Å². The number of nitrogens with zero attached hydrogens (tertiary/aromatic N) is 1. The summed E-state index contributed by atoms with van der Waals surface area (Å²) in [5, 5.41) is 0. The van der Waals surface area contributed by atoms with E-state index in [1.807, 2.05) is 32.0 Å². The highest BCUT2D eigenvalue weighted by atomic mass is 32.2. The molecule has 6 heteroatoms. The zero-order valence-electron chi connectivity index (χ0n) is 13.9. The van der Waals surface area contributed by atoms with Crippen LogP contribution in [0.1, 0.15) is 38.7 Å².